The van der Waals surface area contributed by atoms with Gasteiger partial charge in [0, 0.05) is 11.5 Å². The molecule has 0 aliphatic rings. The van der Waals surface area contributed by atoms with Crippen molar-refractivity contribution in [1.29, 1.82) is 0 Å². The normalized spacial score (nSPS) is 14.6. The fraction of sp³-hybridized carbons (Fsp3) is 0.263. The van der Waals surface area contributed by atoms with Crippen molar-refractivity contribution in [3.8, 4) is 11.5 Å². The maximum absolute atomic E-state index is 13.4. The van der Waals surface area contributed by atoms with E-state index in [4.69, 9.17) is 9.47 Å². The quantitative estimate of drug-likeness (QED) is 0.451. The molecule has 0 bridgehead atoms. The molecule has 0 amide bonds. The van der Waals surface area contributed by atoms with Crippen LogP contribution in [-0.4, -0.2) is 50.8 Å². The van der Waals surface area contributed by atoms with E-state index in [-0.39, 0.29) is 23.1 Å². The second-order valence-electron chi connectivity index (χ2n) is 6.80. The van der Waals surface area contributed by atoms with Gasteiger partial charge in [-0.2, -0.15) is 17.3 Å². The van der Waals surface area contributed by atoms with Crippen molar-refractivity contribution >= 4 is 49.6 Å². The maximum Gasteiger partial charge on any atom is 0.399 e. The molecule has 0 radical (unpaired) electrons. The summed E-state index contributed by atoms with van der Waals surface area (Å²) in [7, 11) is -4.66. The van der Waals surface area contributed by atoms with Crippen LogP contribution in [0.15, 0.2) is 53.7 Å². The van der Waals surface area contributed by atoms with Gasteiger partial charge >= 0.3 is 6.18 Å². The number of hydrogen-bond acceptors (Lipinski definition) is 7. The van der Waals surface area contributed by atoms with Gasteiger partial charge in [-0.25, -0.2) is 18.4 Å². The zero-order chi connectivity index (χ0) is 23.6. The smallest absolute Gasteiger partial charge is 0.399 e. The molecule has 1 aromatic heterocycles. The number of benzene rings is 2. The Bertz CT molecular complexity index is 1220. The van der Waals surface area contributed by atoms with Crippen molar-refractivity contribution in [3.05, 3.63) is 48.8 Å². The van der Waals surface area contributed by atoms with Gasteiger partial charge < -0.3 is 14.2 Å². The standard InChI is InChI=1S/C19H21F3N4O4S2.ClH/c1-29-16-9-14-15(10-17(16)30-2)23-12-24-18(14)25-31(3,11-19(20,21)22)26-32(27,28)13-7-5-4-6-8-13;/h4-10,12,26H,11H2,1-3H3,(H,23,24,25);1H. The lowest BCUT2D eigenvalue weighted by Crippen LogP contribution is -2.38. The Hall–Kier alpha value is -2.48. The summed E-state index contributed by atoms with van der Waals surface area (Å²) < 4.78 is 81.3. The van der Waals surface area contributed by atoms with E-state index in [0.717, 1.165) is 6.33 Å². The first-order valence-corrected chi connectivity index (χ1v) is 12.7. The van der Waals surface area contributed by atoms with Crippen molar-refractivity contribution in [1.82, 2.24) is 14.1 Å². The third-order valence-electron chi connectivity index (χ3n) is 4.26. The van der Waals surface area contributed by atoms with E-state index >= 15 is 0 Å². The Morgan fingerprint density at radius 2 is 1.61 bits per heavy atom. The second-order valence-corrected chi connectivity index (χ2v) is 11.6. The van der Waals surface area contributed by atoms with Gasteiger partial charge in [0.05, 0.1) is 24.6 Å². The molecule has 182 valence electrons. The molecular formula is C19H22ClF3N4O4S2. The molecule has 0 saturated heterocycles. The first-order valence-electron chi connectivity index (χ1n) is 9.02. The number of nitrogens with zero attached hydrogens (tertiary/aromatic N) is 2. The van der Waals surface area contributed by atoms with Crippen LogP contribution in [-0.2, 0) is 10.0 Å². The number of anilines is 1. The van der Waals surface area contributed by atoms with Crippen molar-refractivity contribution in [3.63, 3.8) is 0 Å². The zero-order valence-electron chi connectivity index (χ0n) is 17.7. The summed E-state index contributed by atoms with van der Waals surface area (Å²) in [5.74, 6) is -0.714. The van der Waals surface area contributed by atoms with Crippen LogP contribution in [0.3, 0.4) is 0 Å². The topological polar surface area (TPSA) is 102 Å². The summed E-state index contributed by atoms with van der Waals surface area (Å²) in [5, 5.41) is 0.338. The van der Waals surface area contributed by atoms with E-state index in [1.54, 1.807) is 12.1 Å². The molecule has 3 aromatic rings. The zero-order valence-corrected chi connectivity index (χ0v) is 20.2. The summed E-state index contributed by atoms with van der Waals surface area (Å²) in [6, 6.07) is 10.2. The highest BCUT2D eigenvalue weighted by Gasteiger charge is 2.39. The lowest BCUT2D eigenvalue weighted by Gasteiger charge is -2.38. The average molecular weight is 527 g/mol. The fourth-order valence-electron chi connectivity index (χ4n) is 2.98. The molecule has 2 aromatic carbocycles. The SMILES string of the molecule is COc1cc2ncnc(NS(C)(CC(F)(F)F)NS(=O)(=O)c3ccccc3)c2cc1OC.Cl. The molecule has 0 fully saturated rings. The first kappa shape index (κ1) is 26.8. The third kappa shape index (κ3) is 6.53. The Morgan fingerprint density at radius 1 is 1.00 bits per heavy atom. The molecular weight excluding hydrogens is 505 g/mol. The highest BCUT2D eigenvalue weighted by molar-refractivity contribution is 8.36. The van der Waals surface area contributed by atoms with E-state index in [1.165, 1.54) is 50.8 Å². The van der Waals surface area contributed by atoms with Crippen LogP contribution in [0.4, 0.5) is 19.0 Å². The van der Waals surface area contributed by atoms with E-state index in [9.17, 15) is 21.6 Å². The van der Waals surface area contributed by atoms with Crippen molar-refractivity contribution in [2.45, 2.75) is 11.1 Å². The number of aromatic nitrogens is 2. The summed E-state index contributed by atoms with van der Waals surface area (Å²) >= 11 is 0. The van der Waals surface area contributed by atoms with Crippen LogP contribution >= 0.6 is 22.8 Å². The number of ether oxygens (including phenoxy) is 2. The third-order valence-corrected chi connectivity index (χ3v) is 9.05. The van der Waals surface area contributed by atoms with Gasteiger partial charge in [-0.3, -0.25) is 0 Å². The number of rotatable bonds is 8. The molecule has 0 saturated carbocycles. The van der Waals surface area contributed by atoms with Gasteiger partial charge in [-0.15, -0.1) is 12.4 Å². The van der Waals surface area contributed by atoms with Crippen molar-refractivity contribution in [2.75, 3.05) is 31.0 Å². The number of methoxy groups -OCH3 is 2. The van der Waals surface area contributed by atoms with Crippen LogP contribution in [0, 0.1) is 0 Å². The molecule has 0 aliphatic heterocycles. The highest BCUT2D eigenvalue weighted by atomic mass is 35.5. The summed E-state index contributed by atoms with van der Waals surface area (Å²) in [4.78, 5) is 8.02. The number of sulfonamides is 1. The number of nitrogens with one attached hydrogen (secondary N) is 2. The Kier molecular flexibility index (Phi) is 8.27. The molecule has 3 rings (SSSR count). The van der Waals surface area contributed by atoms with Gasteiger partial charge in [0.1, 0.15) is 17.9 Å². The van der Waals surface area contributed by atoms with Gasteiger partial charge in [0.25, 0.3) is 0 Å². The average Bonchev–Trinajstić information content (AvgIpc) is 2.71. The number of fused-ring (bicyclic) bond motifs is 1. The van der Waals surface area contributed by atoms with Crippen LogP contribution in [0.25, 0.3) is 10.9 Å². The van der Waals surface area contributed by atoms with Gasteiger partial charge in [0.2, 0.25) is 10.0 Å². The monoisotopic (exact) mass is 526 g/mol. The Labute approximate surface area is 197 Å². The summed E-state index contributed by atoms with van der Waals surface area (Å²) in [6.07, 6.45) is -2.31. The van der Waals surface area contributed by atoms with Gasteiger partial charge in [0.15, 0.2) is 11.5 Å². The second kappa shape index (κ2) is 10.2. The predicted octanol–water partition coefficient (Wildman–Crippen LogP) is 4.29. The van der Waals surface area contributed by atoms with Gasteiger partial charge in [-0.1, -0.05) is 28.6 Å². The minimum absolute atomic E-state index is 0. The van der Waals surface area contributed by atoms with Crippen LogP contribution < -0.4 is 18.3 Å². The lowest BCUT2D eigenvalue weighted by atomic mass is 10.2. The highest BCUT2D eigenvalue weighted by Crippen LogP contribution is 2.47. The molecule has 0 spiro atoms. The van der Waals surface area contributed by atoms with E-state index in [2.05, 4.69) is 18.8 Å². The van der Waals surface area contributed by atoms with E-state index < -0.39 is 32.4 Å². The first-order chi connectivity index (χ1) is 15.0. The van der Waals surface area contributed by atoms with Crippen LogP contribution in [0.1, 0.15) is 0 Å². The van der Waals surface area contributed by atoms with E-state index in [1.807, 2.05) is 0 Å². The Morgan fingerprint density at radius 3 is 2.18 bits per heavy atom. The minimum atomic E-state index is -4.65. The molecule has 2 N–H and O–H groups in total. The molecule has 0 aliphatic carbocycles. The molecule has 1 atom stereocenters. The lowest BCUT2D eigenvalue weighted by molar-refractivity contribution is -0.105. The minimum Gasteiger partial charge on any atom is -0.493 e. The molecule has 33 heavy (non-hydrogen) atoms. The van der Waals surface area contributed by atoms with Crippen molar-refractivity contribution in [2.24, 2.45) is 0 Å². The molecule has 1 unspecified atom stereocenters. The fourth-order valence-corrected chi connectivity index (χ4v) is 7.54. The Balaban J connectivity index is 0.00000385. The maximum atomic E-state index is 13.4. The van der Waals surface area contributed by atoms with Crippen LogP contribution in [0.2, 0.25) is 0 Å². The molecule has 8 nitrogen and oxygen atoms in total. The number of alkyl halides is 3. The molecule has 14 heteroatoms. The number of halogens is 4. The van der Waals surface area contributed by atoms with Crippen molar-refractivity contribution < 1.29 is 31.1 Å². The van der Waals surface area contributed by atoms with Crippen LogP contribution in [0.5, 0.6) is 11.5 Å². The van der Waals surface area contributed by atoms with Gasteiger partial charge in [-0.05, 0) is 24.5 Å². The largest absolute Gasteiger partial charge is 0.493 e. The number of hydrogen-bond donors (Lipinski definition) is 2. The van der Waals surface area contributed by atoms with E-state index in [0.29, 0.717) is 22.4 Å². The summed E-state index contributed by atoms with van der Waals surface area (Å²) in [5.41, 5.74) is 0.375. The molecule has 1 heterocycles. The summed E-state index contributed by atoms with van der Waals surface area (Å²) in [6.45, 7) is 0. The predicted molar refractivity (Wildman–Crippen MR) is 125 cm³/mol.